The van der Waals surface area contributed by atoms with E-state index < -0.39 is 36.1 Å². The minimum atomic E-state index is -1.42. The van der Waals surface area contributed by atoms with E-state index >= 15 is 0 Å². The largest absolute Gasteiger partial charge is 0.444 e. The van der Waals surface area contributed by atoms with Gasteiger partial charge in [-0.25, -0.2) is 4.79 Å². The predicted octanol–water partition coefficient (Wildman–Crippen LogP) is 1.53. The van der Waals surface area contributed by atoms with Gasteiger partial charge in [0.2, 0.25) is 5.91 Å². The number of alkyl carbamates (subject to hydrolysis) is 1. The third-order valence-electron chi connectivity index (χ3n) is 5.39. The number of nitrogens with one attached hydrogen (secondary N) is 3. The number of carbonyl (C=O) groups excluding carboxylic acids is 3. The Kier molecular flexibility index (Phi) is 11.1. The first kappa shape index (κ1) is 26.6. The van der Waals surface area contributed by atoms with Gasteiger partial charge in [0.1, 0.15) is 12.1 Å². The lowest BCUT2D eigenvalue weighted by Crippen LogP contribution is -2.56. The number of aryl methyl sites for hydroxylation is 1. The van der Waals surface area contributed by atoms with Crippen molar-refractivity contribution in [3.8, 4) is 0 Å². The summed E-state index contributed by atoms with van der Waals surface area (Å²) in [4.78, 5) is 37.7. The van der Waals surface area contributed by atoms with Crippen LogP contribution in [-0.2, 0) is 25.5 Å². The topological polar surface area (TPSA) is 126 Å². The molecule has 1 aliphatic rings. The molecule has 0 aromatic heterocycles. The molecule has 0 radical (unpaired) electrons. The Morgan fingerprint density at radius 1 is 1.15 bits per heavy atom. The number of rotatable bonds is 12. The third kappa shape index (κ3) is 9.39. The zero-order valence-electron chi connectivity index (χ0n) is 19.7. The lowest BCUT2D eigenvalue weighted by molar-refractivity contribution is -0.132. The Morgan fingerprint density at radius 3 is 2.48 bits per heavy atom. The van der Waals surface area contributed by atoms with Crippen LogP contribution in [0.4, 0.5) is 4.79 Å². The van der Waals surface area contributed by atoms with Gasteiger partial charge in [0.15, 0.2) is 6.10 Å². The molecule has 4 N–H and O–H groups in total. The number of aliphatic hydroxyl groups excluding tert-OH is 1. The van der Waals surface area contributed by atoms with Crippen LogP contribution in [0.2, 0.25) is 0 Å². The Bertz CT molecular complexity index is 752. The summed E-state index contributed by atoms with van der Waals surface area (Å²) in [6.07, 6.45) is -0.512. The molecule has 33 heavy (non-hydrogen) atoms. The van der Waals surface area contributed by atoms with Crippen LogP contribution in [0.1, 0.15) is 45.6 Å². The van der Waals surface area contributed by atoms with Crippen LogP contribution in [0.15, 0.2) is 30.3 Å². The van der Waals surface area contributed by atoms with Crippen LogP contribution >= 0.6 is 0 Å². The summed E-state index contributed by atoms with van der Waals surface area (Å²) >= 11 is 0. The molecule has 1 aliphatic heterocycles. The van der Waals surface area contributed by atoms with Gasteiger partial charge in [0.25, 0.3) is 5.91 Å². The fourth-order valence-electron chi connectivity index (χ4n) is 3.66. The number of likely N-dealkylation sites (N-methyl/N-ethyl adjacent to an activating group) is 1. The quantitative estimate of drug-likeness (QED) is 0.372. The zero-order valence-corrected chi connectivity index (χ0v) is 19.7. The fourth-order valence-corrected chi connectivity index (χ4v) is 3.66. The average molecular weight is 464 g/mol. The first-order valence-corrected chi connectivity index (χ1v) is 11.6. The maximum absolute atomic E-state index is 13.1. The number of carbonyl (C=O) groups is 3. The monoisotopic (exact) mass is 463 g/mol. The van der Waals surface area contributed by atoms with Crippen LogP contribution < -0.4 is 16.0 Å². The van der Waals surface area contributed by atoms with Crippen molar-refractivity contribution in [2.75, 3.05) is 19.8 Å². The molecule has 9 heteroatoms. The van der Waals surface area contributed by atoms with Crippen LogP contribution in [-0.4, -0.2) is 67.1 Å². The lowest BCUT2D eigenvalue weighted by Gasteiger charge is -2.27. The summed E-state index contributed by atoms with van der Waals surface area (Å²) in [6, 6.07) is 7.94. The van der Waals surface area contributed by atoms with Crippen LogP contribution in [0, 0.1) is 5.92 Å². The summed E-state index contributed by atoms with van der Waals surface area (Å²) < 4.78 is 10.5. The van der Waals surface area contributed by atoms with Crippen molar-refractivity contribution in [1.29, 1.82) is 0 Å². The van der Waals surface area contributed by atoms with E-state index in [9.17, 15) is 19.5 Å². The van der Waals surface area contributed by atoms with E-state index in [1.165, 1.54) is 0 Å². The van der Waals surface area contributed by atoms with Crippen molar-refractivity contribution in [2.24, 2.45) is 5.92 Å². The highest BCUT2D eigenvalue weighted by molar-refractivity contribution is 5.87. The zero-order chi connectivity index (χ0) is 24.2. The van der Waals surface area contributed by atoms with Gasteiger partial charge in [-0.3, -0.25) is 9.59 Å². The van der Waals surface area contributed by atoms with Gasteiger partial charge >= 0.3 is 6.09 Å². The number of hydrogen-bond acceptors (Lipinski definition) is 6. The van der Waals surface area contributed by atoms with E-state index in [0.717, 1.165) is 5.56 Å². The summed E-state index contributed by atoms with van der Waals surface area (Å²) in [7, 11) is 0. The molecule has 0 spiro atoms. The second-order valence-corrected chi connectivity index (χ2v) is 8.70. The van der Waals surface area contributed by atoms with Gasteiger partial charge in [0, 0.05) is 13.0 Å². The second-order valence-electron chi connectivity index (χ2n) is 8.70. The van der Waals surface area contributed by atoms with E-state index in [4.69, 9.17) is 9.47 Å². The summed E-state index contributed by atoms with van der Waals surface area (Å²) in [5.41, 5.74) is 1.03. The molecule has 1 unspecified atom stereocenters. The molecule has 0 saturated carbocycles. The number of amides is 3. The smallest absolute Gasteiger partial charge is 0.408 e. The predicted molar refractivity (Wildman–Crippen MR) is 123 cm³/mol. The maximum Gasteiger partial charge on any atom is 0.408 e. The summed E-state index contributed by atoms with van der Waals surface area (Å²) in [6.45, 7) is 6.88. The first-order valence-electron chi connectivity index (χ1n) is 11.6. The molecule has 184 valence electrons. The van der Waals surface area contributed by atoms with Crippen molar-refractivity contribution in [3.63, 3.8) is 0 Å². The van der Waals surface area contributed by atoms with Crippen molar-refractivity contribution >= 4 is 17.9 Å². The van der Waals surface area contributed by atoms with Gasteiger partial charge < -0.3 is 30.5 Å². The fraction of sp³-hybridized carbons (Fsp3) is 0.625. The minimum Gasteiger partial charge on any atom is -0.444 e. The Labute approximate surface area is 195 Å². The SMILES string of the molecule is CCNC(=O)C(O)[C@H](CCc1ccccc1)NC(=O)[C@H](CC(C)C)NC(=O)O[C@H]1CCOC1. The standard InChI is InChI=1S/C24H37N3O6/c1-4-25-23(30)21(28)19(11-10-17-8-6-5-7-9-17)26-22(29)20(14-16(2)3)27-24(31)33-18-12-13-32-15-18/h5-9,16,18-21,28H,4,10-15H2,1-3H3,(H,25,30)(H,26,29)(H,27,31)/t18-,19-,20-,21?/m0/s1. The van der Waals surface area contributed by atoms with Gasteiger partial charge in [0.05, 0.1) is 19.3 Å². The van der Waals surface area contributed by atoms with E-state index in [1.54, 1.807) is 6.92 Å². The van der Waals surface area contributed by atoms with E-state index in [0.29, 0.717) is 45.4 Å². The number of ether oxygens (including phenoxy) is 2. The molecule has 1 heterocycles. The second kappa shape index (κ2) is 13.8. The van der Waals surface area contributed by atoms with Crippen molar-refractivity contribution in [1.82, 2.24) is 16.0 Å². The van der Waals surface area contributed by atoms with Gasteiger partial charge in [-0.05, 0) is 37.7 Å². The Balaban J connectivity index is 2.06. The Hall–Kier alpha value is -2.65. The maximum atomic E-state index is 13.1. The summed E-state index contributed by atoms with van der Waals surface area (Å²) in [5.74, 6) is -0.901. The van der Waals surface area contributed by atoms with Crippen molar-refractivity contribution in [3.05, 3.63) is 35.9 Å². The molecule has 4 atom stereocenters. The van der Waals surface area contributed by atoms with E-state index in [-0.39, 0.29) is 12.0 Å². The molecule has 1 saturated heterocycles. The first-order chi connectivity index (χ1) is 15.8. The van der Waals surface area contributed by atoms with Crippen LogP contribution in [0.3, 0.4) is 0 Å². The van der Waals surface area contributed by atoms with Gasteiger partial charge in [-0.1, -0.05) is 44.2 Å². The van der Waals surface area contributed by atoms with Crippen molar-refractivity contribution < 1.29 is 29.0 Å². The molecule has 1 fully saturated rings. The highest BCUT2D eigenvalue weighted by atomic mass is 16.6. The highest BCUT2D eigenvalue weighted by Gasteiger charge is 2.31. The molecule has 1 aromatic carbocycles. The van der Waals surface area contributed by atoms with Gasteiger partial charge in [-0.15, -0.1) is 0 Å². The minimum absolute atomic E-state index is 0.118. The molecule has 0 bridgehead atoms. The molecule has 2 rings (SSSR count). The molecular weight excluding hydrogens is 426 g/mol. The molecule has 0 aliphatic carbocycles. The molecular formula is C24H37N3O6. The normalized spacial score (nSPS) is 18.3. The molecule has 1 aromatic rings. The average Bonchev–Trinajstić information content (AvgIpc) is 3.29. The number of aliphatic hydroxyl groups is 1. The summed E-state index contributed by atoms with van der Waals surface area (Å²) in [5, 5.41) is 18.6. The van der Waals surface area contributed by atoms with E-state index in [2.05, 4.69) is 16.0 Å². The van der Waals surface area contributed by atoms with E-state index in [1.807, 2.05) is 44.2 Å². The van der Waals surface area contributed by atoms with Gasteiger partial charge in [-0.2, -0.15) is 0 Å². The molecule has 9 nitrogen and oxygen atoms in total. The lowest BCUT2D eigenvalue weighted by atomic mass is 9.98. The van der Waals surface area contributed by atoms with Crippen LogP contribution in [0.5, 0.6) is 0 Å². The number of hydrogen-bond donors (Lipinski definition) is 4. The Morgan fingerprint density at radius 2 is 1.88 bits per heavy atom. The highest BCUT2D eigenvalue weighted by Crippen LogP contribution is 2.12. The molecule has 3 amide bonds. The third-order valence-corrected chi connectivity index (χ3v) is 5.39. The van der Waals surface area contributed by atoms with Crippen LogP contribution in [0.25, 0.3) is 0 Å². The number of benzene rings is 1. The van der Waals surface area contributed by atoms with Crippen molar-refractivity contribution in [2.45, 2.75) is 70.7 Å².